The summed E-state index contributed by atoms with van der Waals surface area (Å²) in [7, 11) is 0. The van der Waals surface area contributed by atoms with Crippen molar-refractivity contribution in [1.82, 2.24) is 0 Å². The molecule has 2 saturated carbocycles. The van der Waals surface area contributed by atoms with E-state index >= 15 is 0 Å². The molecule has 4 heteroatoms. The number of rotatable bonds is 1. The monoisotopic (exact) mass is 280 g/mol. The van der Waals surface area contributed by atoms with Gasteiger partial charge in [0.2, 0.25) is 0 Å². The van der Waals surface area contributed by atoms with E-state index in [1.807, 2.05) is 6.92 Å². The van der Waals surface area contributed by atoms with E-state index in [1.165, 1.54) is 0 Å². The fourth-order valence-electron chi connectivity index (χ4n) is 4.96. The third kappa shape index (κ3) is 1.61. The van der Waals surface area contributed by atoms with Gasteiger partial charge in [0.05, 0.1) is 19.1 Å². The summed E-state index contributed by atoms with van der Waals surface area (Å²) in [5.41, 5.74) is -0.617. The van der Waals surface area contributed by atoms with Crippen LogP contribution in [0.2, 0.25) is 0 Å². The lowest BCUT2D eigenvalue weighted by atomic mass is 9.48. The molecule has 0 aromatic heterocycles. The van der Waals surface area contributed by atoms with Crippen LogP contribution < -0.4 is 0 Å². The molecule has 1 aliphatic heterocycles. The van der Waals surface area contributed by atoms with Gasteiger partial charge in [-0.05, 0) is 25.2 Å². The first-order chi connectivity index (χ1) is 9.37. The zero-order valence-electron chi connectivity index (χ0n) is 12.6. The van der Waals surface area contributed by atoms with Gasteiger partial charge >= 0.3 is 0 Å². The maximum atomic E-state index is 12.7. The summed E-state index contributed by atoms with van der Waals surface area (Å²) in [5, 5.41) is 0. The van der Waals surface area contributed by atoms with Gasteiger partial charge < -0.3 is 14.3 Å². The second kappa shape index (κ2) is 4.38. The van der Waals surface area contributed by atoms with Gasteiger partial charge in [0, 0.05) is 17.3 Å². The lowest BCUT2D eigenvalue weighted by molar-refractivity contribution is -0.283. The molecule has 0 amide bonds. The largest absolute Gasteiger partial charge is 0.347 e. The third-order valence-electron chi connectivity index (χ3n) is 6.18. The number of aldehydes is 1. The van der Waals surface area contributed by atoms with Crippen molar-refractivity contribution in [2.45, 2.75) is 52.2 Å². The predicted molar refractivity (Wildman–Crippen MR) is 73.0 cm³/mol. The van der Waals surface area contributed by atoms with Crippen molar-refractivity contribution in [3.05, 3.63) is 0 Å². The zero-order valence-corrected chi connectivity index (χ0v) is 12.6. The Hall–Kier alpha value is -0.740. The molecule has 3 rings (SSSR count). The predicted octanol–water partition coefficient (Wildman–Crippen LogP) is 2.35. The number of Topliss-reactive ketones (excluding diaryl/α,β-unsaturated/α-hetero) is 1. The highest BCUT2D eigenvalue weighted by Gasteiger charge is 2.65. The molecule has 2 aliphatic carbocycles. The van der Waals surface area contributed by atoms with Crippen molar-refractivity contribution in [1.29, 1.82) is 0 Å². The highest BCUT2D eigenvalue weighted by molar-refractivity contribution is 5.98. The van der Waals surface area contributed by atoms with Gasteiger partial charge in [0.15, 0.2) is 5.79 Å². The number of carbonyl (C=O) groups is 2. The number of hydrogen-bond acceptors (Lipinski definition) is 4. The average molecular weight is 280 g/mol. The van der Waals surface area contributed by atoms with Crippen molar-refractivity contribution < 1.29 is 19.1 Å². The Morgan fingerprint density at radius 2 is 1.75 bits per heavy atom. The van der Waals surface area contributed by atoms with Crippen LogP contribution >= 0.6 is 0 Å². The molecule has 0 N–H and O–H groups in total. The van der Waals surface area contributed by atoms with E-state index < -0.39 is 17.1 Å². The lowest BCUT2D eigenvalue weighted by Crippen LogP contribution is -2.62. The van der Waals surface area contributed by atoms with Crippen LogP contribution in [0.4, 0.5) is 0 Å². The first-order valence-electron chi connectivity index (χ1n) is 7.65. The fourth-order valence-corrected chi connectivity index (χ4v) is 4.96. The summed E-state index contributed by atoms with van der Waals surface area (Å²) in [5.74, 6) is -0.604. The topological polar surface area (TPSA) is 52.6 Å². The number of ketones is 1. The molecular formula is C16H24O4. The Bertz CT molecular complexity index is 436. The van der Waals surface area contributed by atoms with Gasteiger partial charge in [0.1, 0.15) is 12.1 Å². The molecule has 3 atom stereocenters. The zero-order chi connectivity index (χ0) is 14.6. The highest BCUT2D eigenvalue weighted by Crippen LogP contribution is 2.62. The van der Waals surface area contributed by atoms with E-state index in [1.54, 1.807) is 0 Å². The maximum Gasteiger partial charge on any atom is 0.173 e. The minimum Gasteiger partial charge on any atom is -0.347 e. The fraction of sp³-hybridized carbons (Fsp3) is 0.875. The summed E-state index contributed by atoms with van der Waals surface area (Å²) in [6.45, 7) is 7.64. The minimum atomic E-state index is -0.536. The van der Waals surface area contributed by atoms with Crippen LogP contribution in [0.1, 0.15) is 46.5 Å². The summed E-state index contributed by atoms with van der Waals surface area (Å²) in [6.07, 6.45) is 3.90. The SMILES string of the molecule is CC1(C)[C@@H]2CCC(C=O)C(=O)[C@@]2(C)CCC12OCCO2. The summed E-state index contributed by atoms with van der Waals surface area (Å²) >= 11 is 0. The molecule has 0 radical (unpaired) electrons. The van der Waals surface area contributed by atoms with Gasteiger partial charge in [0.25, 0.3) is 0 Å². The van der Waals surface area contributed by atoms with Crippen LogP contribution in [0.3, 0.4) is 0 Å². The second-order valence-electron chi connectivity index (χ2n) is 7.33. The molecule has 3 fully saturated rings. The number of hydrogen-bond donors (Lipinski definition) is 0. The van der Waals surface area contributed by atoms with Gasteiger partial charge in [-0.1, -0.05) is 20.8 Å². The van der Waals surface area contributed by atoms with Gasteiger partial charge in [-0.25, -0.2) is 0 Å². The van der Waals surface area contributed by atoms with Crippen molar-refractivity contribution in [2.24, 2.45) is 22.7 Å². The van der Waals surface area contributed by atoms with Crippen LogP contribution in [0.5, 0.6) is 0 Å². The first kappa shape index (κ1) is 14.2. The molecule has 0 aromatic rings. The molecule has 1 heterocycles. The van der Waals surface area contributed by atoms with Crippen LogP contribution in [-0.4, -0.2) is 31.1 Å². The van der Waals surface area contributed by atoms with Crippen molar-refractivity contribution in [2.75, 3.05) is 13.2 Å². The second-order valence-corrected chi connectivity index (χ2v) is 7.33. The molecule has 3 aliphatic rings. The number of carbonyl (C=O) groups excluding carboxylic acids is 2. The Labute approximate surface area is 120 Å². The number of fused-ring (bicyclic) bond motifs is 1. The molecule has 0 bridgehead atoms. The Balaban J connectivity index is 1.98. The normalized spacial score (nSPS) is 42.5. The quantitative estimate of drug-likeness (QED) is 0.546. The smallest absolute Gasteiger partial charge is 0.173 e. The van der Waals surface area contributed by atoms with Crippen molar-refractivity contribution in [3.8, 4) is 0 Å². The lowest BCUT2D eigenvalue weighted by Gasteiger charge is -2.59. The van der Waals surface area contributed by atoms with Crippen LogP contribution in [-0.2, 0) is 19.1 Å². The molecular weight excluding hydrogens is 256 g/mol. The van der Waals surface area contributed by atoms with E-state index in [0.29, 0.717) is 19.6 Å². The van der Waals surface area contributed by atoms with Crippen LogP contribution in [0.25, 0.3) is 0 Å². The molecule has 1 saturated heterocycles. The third-order valence-corrected chi connectivity index (χ3v) is 6.18. The molecule has 112 valence electrons. The Morgan fingerprint density at radius 1 is 1.10 bits per heavy atom. The first-order valence-corrected chi connectivity index (χ1v) is 7.65. The molecule has 20 heavy (non-hydrogen) atoms. The van der Waals surface area contributed by atoms with Gasteiger partial charge in [-0.15, -0.1) is 0 Å². The molecule has 4 nitrogen and oxygen atoms in total. The summed E-state index contributed by atoms with van der Waals surface area (Å²) in [6, 6.07) is 0. The molecule has 0 aromatic carbocycles. The van der Waals surface area contributed by atoms with E-state index in [4.69, 9.17) is 9.47 Å². The van der Waals surface area contributed by atoms with E-state index in [9.17, 15) is 9.59 Å². The van der Waals surface area contributed by atoms with E-state index in [-0.39, 0.29) is 17.1 Å². The van der Waals surface area contributed by atoms with Crippen molar-refractivity contribution in [3.63, 3.8) is 0 Å². The Kier molecular flexibility index (Phi) is 3.11. The average Bonchev–Trinajstić information content (AvgIpc) is 2.88. The van der Waals surface area contributed by atoms with Gasteiger partial charge in [-0.2, -0.15) is 0 Å². The molecule has 1 spiro atoms. The molecule has 1 unspecified atom stereocenters. The van der Waals surface area contributed by atoms with Gasteiger partial charge in [-0.3, -0.25) is 4.79 Å². The van der Waals surface area contributed by atoms with Crippen LogP contribution in [0, 0.1) is 22.7 Å². The Morgan fingerprint density at radius 3 is 2.35 bits per heavy atom. The van der Waals surface area contributed by atoms with Crippen LogP contribution in [0.15, 0.2) is 0 Å². The highest BCUT2D eigenvalue weighted by atomic mass is 16.7. The van der Waals surface area contributed by atoms with E-state index in [2.05, 4.69) is 13.8 Å². The van der Waals surface area contributed by atoms with E-state index in [0.717, 1.165) is 25.5 Å². The summed E-state index contributed by atoms with van der Waals surface area (Å²) in [4.78, 5) is 23.8. The summed E-state index contributed by atoms with van der Waals surface area (Å²) < 4.78 is 12.0. The maximum absolute atomic E-state index is 12.7. The van der Waals surface area contributed by atoms with Crippen molar-refractivity contribution >= 4 is 12.1 Å². The number of ether oxygens (including phenoxy) is 2. The standard InChI is InChI=1S/C16H24O4/c1-14(2)12-5-4-11(10-17)13(18)15(12,3)6-7-16(14)19-8-9-20-16/h10-12H,4-9H2,1-3H3/t11?,12-,15-/m0/s1. The minimum absolute atomic E-state index is 0.129.